The van der Waals surface area contributed by atoms with Crippen LogP contribution in [0.3, 0.4) is 0 Å². The molecule has 0 spiro atoms. The van der Waals surface area contributed by atoms with Crippen molar-refractivity contribution >= 4 is 11.6 Å². The number of para-hydroxylation sites is 2. The predicted molar refractivity (Wildman–Crippen MR) is 87.6 cm³/mol. The van der Waals surface area contributed by atoms with Crippen LogP contribution < -0.4 is 14.8 Å². The molecule has 0 radical (unpaired) electrons. The van der Waals surface area contributed by atoms with Crippen LogP contribution in [0.2, 0.25) is 0 Å². The Morgan fingerprint density at radius 1 is 1.09 bits per heavy atom. The molecule has 0 aliphatic carbocycles. The number of amides is 1. The van der Waals surface area contributed by atoms with Crippen molar-refractivity contribution in [2.45, 2.75) is 20.3 Å². The van der Waals surface area contributed by atoms with Gasteiger partial charge in [0.25, 0.3) is 0 Å². The molecule has 116 valence electrons. The van der Waals surface area contributed by atoms with E-state index in [-0.39, 0.29) is 11.8 Å². The van der Waals surface area contributed by atoms with Gasteiger partial charge in [0.05, 0.1) is 7.11 Å². The lowest BCUT2D eigenvalue weighted by Gasteiger charge is -2.12. The van der Waals surface area contributed by atoms with Gasteiger partial charge in [0.1, 0.15) is 5.75 Å². The molecule has 2 rings (SSSR count). The zero-order valence-corrected chi connectivity index (χ0v) is 13.1. The maximum absolute atomic E-state index is 11.8. The number of methoxy groups -OCH3 is 1. The zero-order valence-electron chi connectivity index (χ0n) is 13.1. The number of carbonyl (C=O) groups is 1. The molecule has 2 aromatic rings. The van der Waals surface area contributed by atoms with Crippen molar-refractivity contribution in [3.05, 3.63) is 48.5 Å². The van der Waals surface area contributed by atoms with Crippen molar-refractivity contribution in [2.24, 2.45) is 5.92 Å². The third-order valence-corrected chi connectivity index (χ3v) is 3.48. The molecule has 0 bridgehead atoms. The lowest BCUT2D eigenvalue weighted by molar-refractivity contribution is -0.119. The van der Waals surface area contributed by atoms with Crippen molar-refractivity contribution in [2.75, 3.05) is 12.4 Å². The van der Waals surface area contributed by atoms with E-state index in [0.29, 0.717) is 17.2 Å². The van der Waals surface area contributed by atoms with Gasteiger partial charge in [-0.15, -0.1) is 0 Å². The van der Waals surface area contributed by atoms with Gasteiger partial charge in [-0.2, -0.15) is 0 Å². The molecule has 1 atom stereocenters. The summed E-state index contributed by atoms with van der Waals surface area (Å²) in [6, 6.07) is 14.7. The van der Waals surface area contributed by atoms with Gasteiger partial charge in [-0.25, -0.2) is 0 Å². The number of hydrogen-bond acceptors (Lipinski definition) is 3. The van der Waals surface area contributed by atoms with Gasteiger partial charge in [0, 0.05) is 11.6 Å². The lowest BCUT2D eigenvalue weighted by atomic mass is 10.1. The molecule has 4 nitrogen and oxygen atoms in total. The Morgan fingerprint density at radius 2 is 1.73 bits per heavy atom. The predicted octanol–water partition coefficient (Wildman–Crippen LogP) is 4.47. The van der Waals surface area contributed by atoms with E-state index in [1.807, 2.05) is 62.4 Å². The molecule has 22 heavy (non-hydrogen) atoms. The molecular weight excluding hydrogens is 278 g/mol. The van der Waals surface area contributed by atoms with Gasteiger partial charge in [-0.05, 0) is 42.8 Å². The number of nitrogens with one attached hydrogen (secondary N) is 1. The molecule has 0 aliphatic rings. The smallest absolute Gasteiger partial charge is 0.227 e. The minimum absolute atomic E-state index is 0.00417. The maximum atomic E-state index is 11.8. The minimum Gasteiger partial charge on any atom is -0.493 e. The van der Waals surface area contributed by atoms with Gasteiger partial charge in [0.15, 0.2) is 11.5 Å². The fourth-order valence-electron chi connectivity index (χ4n) is 1.89. The summed E-state index contributed by atoms with van der Waals surface area (Å²) in [5.74, 6) is 2.05. The number of hydrogen-bond donors (Lipinski definition) is 1. The van der Waals surface area contributed by atoms with Gasteiger partial charge < -0.3 is 14.8 Å². The number of carbonyl (C=O) groups excluding carboxylic acids is 1. The molecule has 0 aliphatic heterocycles. The van der Waals surface area contributed by atoms with Gasteiger partial charge in [-0.3, -0.25) is 4.79 Å². The number of rotatable bonds is 6. The Labute approximate surface area is 131 Å². The fourth-order valence-corrected chi connectivity index (χ4v) is 1.89. The molecule has 1 unspecified atom stereocenters. The fraction of sp³-hybridized carbons (Fsp3) is 0.278. The first-order chi connectivity index (χ1) is 10.6. The standard InChI is InChI=1S/C18H21NO3/c1-4-13(2)18(20)19-14-9-11-15(12-10-14)22-17-8-6-5-7-16(17)21-3/h5-13H,4H2,1-3H3,(H,19,20). The highest BCUT2D eigenvalue weighted by molar-refractivity contribution is 5.92. The molecule has 1 amide bonds. The summed E-state index contributed by atoms with van der Waals surface area (Å²) < 4.78 is 11.0. The first kappa shape index (κ1) is 15.9. The molecule has 0 fully saturated rings. The van der Waals surface area contributed by atoms with Crippen molar-refractivity contribution in [1.82, 2.24) is 0 Å². The van der Waals surface area contributed by atoms with Crippen LogP contribution in [-0.2, 0) is 4.79 Å². The summed E-state index contributed by atoms with van der Waals surface area (Å²) in [5.41, 5.74) is 0.762. The summed E-state index contributed by atoms with van der Waals surface area (Å²) in [6.45, 7) is 3.91. The average Bonchev–Trinajstić information content (AvgIpc) is 2.56. The maximum Gasteiger partial charge on any atom is 0.227 e. The summed E-state index contributed by atoms with van der Waals surface area (Å²) >= 11 is 0. The highest BCUT2D eigenvalue weighted by Gasteiger charge is 2.10. The quantitative estimate of drug-likeness (QED) is 0.856. The second-order valence-electron chi connectivity index (χ2n) is 5.08. The number of anilines is 1. The van der Waals surface area contributed by atoms with Crippen molar-refractivity contribution in [1.29, 1.82) is 0 Å². The molecule has 0 aromatic heterocycles. The first-order valence-corrected chi connectivity index (χ1v) is 7.35. The Kier molecular flexibility index (Phi) is 5.42. The first-order valence-electron chi connectivity index (χ1n) is 7.35. The summed E-state index contributed by atoms with van der Waals surface area (Å²) in [4.78, 5) is 11.8. The van der Waals surface area contributed by atoms with E-state index in [4.69, 9.17) is 9.47 Å². The number of benzene rings is 2. The van der Waals surface area contributed by atoms with E-state index < -0.39 is 0 Å². The van der Waals surface area contributed by atoms with E-state index in [0.717, 1.165) is 12.1 Å². The van der Waals surface area contributed by atoms with Crippen LogP contribution in [0.4, 0.5) is 5.69 Å². The van der Waals surface area contributed by atoms with Crippen molar-refractivity contribution in [3.8, 4) is 17.2 Å². The summed E-state index contributed by atoms with van der Waals surface area (Å²) in [7, 11) is 1.61. The Hall–Kier alpha value is -2.49. The van der Waals surface area contributed by atoms with E-state index in [2.05, 4.69) is 5.32 Å². The molecule has 0 heterocycles. The Morgan fingerprint density at radius 3 is 2.32 bits per heavy atom. The van der Waals surface area contributed by atoms with Crippen LogP contribution in [0.5, 0.6) is 17.2 Å². The molecule has 0 saturated carbocycles. The Balaban J connectivity index is 2.04. The van der Waals surface area contributed by atoms with E-state index in [9.17, 15) is 4.79 Å². The van der Waals surface area contributed by atoms with Crippen molar-refractivity contribution < 1.29 is 14.3 Å². The highest BCUT2D eigenvalue weighted by Crippen LogP contribution is 2.31. The molecular formula is C18H21NO3. The number of ether oxygens (including phenoxy) is 2. The van der Waals surface area contributed by atoms with Crippen LogP contribution in [0, 0.1) is 5.92 Å². The van der Waals surface area contributed by atoms with Crippen LogP contribution in [0.25, 0.3) is 0 Å². The second kappa shape index (κ2) is 7.50. The highest BCUT2D eigenvalue weighted by atomic mass is 16.5. The van der Waals surface area contributed by atoms with Crippen LogP contribution in [0.1, 0.15) is 20.3 Å². The van der Waals surface area contributed by atoms with Gasteiger partial charge >= 0.3 is 0 Å². The van der Waals surface area contributed by atoms with E-state index in [1.54, 1.807) is 7.11 Å². The normalized spacial score (nSPS) is 11.6. The summed E-state index contributed by atoms with van der Waals surface area (Å²) in [6.07, 6.45) is 0.820. The topological polar surface area (TPSA) is 47.6 Å². The van der Waals surface area contributed by atoms with Gasteiger partial charge in [-0.1, -0.05) is 26.0 Å². The molecule has 0 saturated heterocycles. The minimum atomic E-state index is 0.00417. The second-order valence-corrected chi connectivity index (χ2v) is 5.08. The summed E-state index contributed by atoms with van der Waals surface area (Å²) in [5, 5.41) is 2.89. The molecule has 2 aromatic carbocycles. The average molecular weight is 299 g/mol. The molecule has 1 N–H and O–H groups in total. The largest absolute Gasteiger partial charge is 0.493 e. The monoisotopic (exact) mass is 299 g/mol. The lowest BCUT2D eigenvalue weighted by Crippen LogP contribution is -2.19. The van der Waals surface area contributed by atoms with Gasteiger partial charge in [0.2, 0.25) is 5.91 Å². The molecule has 4 heteroatoms. The third-order valence-electron chi connectivity index (χ3n) is 3.48. The third kappa shape index (κ3) is 4.01. The van der Waals surface area contributed by atoms with Crippen LogP contribution in [-0.4, -0.2) is 13.0 Å². The van der Waals surface area contributed by atoms with E-state index >= 15 is 0 Å². The Bertz CT molecular complexity index is 622. The SMILES string of the molecule is CCC(C)C(=O)Nc1ccc(Oc2ccccc2OC)cc1. The van der Waals surface area contributed by atoms with Crippen molar-refractivity contribution in [3.63, 3.8) is 0 Å². The zero-order chi connectivity index (χ0) is 15.9. The van der Waals surface area contributed by atoms with E-state index in [1.165, 1.54) is 0 Å². The van der Waals surface area contributed by atoms with Crippen LogP contribution >= 0.6 is 0 Å². The van der Waals surface area contributed by atoms with Crippen LogP contribution in [0.15, 0.2) is 48.5 Å².